The number of amides is 1. The number of carbonyl (C=O) groups excluding carboxylic acids is 1. The third kappa shape index (κ3) is 4.26. The number of carbonyl (C=O) groups is 1. The number of halogens is 2. The summed E-state index contributed by atoms with van der Waals surface area (Å²) in [4.78, 5) is 14.9. The van der Waals surface area contributed by atoms with Crippen molar-refractivity contribution in [2.45, 2.75) is 45.6 Å². The van der Waals surface area contributed by atoms with E-state index in [2.05, 4.69) is 101 Å². The van der Waals surface area contributed by atoms with Crippen molar-refractivity contribution in [2.24, 2.45) is 5.10 Å². The standard InChI is InChI=1S/C24H25BrIN3O2/c1-13-6-20-18(14(2)11-24(3,4)29(20)5)8-16(13)12-27-28-23(30)21-9-15-7-17(25)10-19(26)22(15)31-21/h6-10,12,14H,11H2,1-5H3,(H,28,30)/b27-12-. The van der Waals surface area contributed by atoms with Crippen molar-refractivity contribution in [3.05, 3.63) is 60.8 Å². The van der Waals surface area contributed by atoms with Crippen molar-refractivity contribution in [1.29, 1.82) is 0 Å². The summed E-state index contributed by atoms with van der Waals surface area (Å²) in [5.74, 6) is 0.327. The van der Waals surface area contributed by atoms with Crippen molar-refractivity contribution in [3.63, 3.8) is 0 Å². The largest absolute Gasteiger partial charge is 0.450 e. The van der Waals surface area contributed by atoms with E-state index in [0.717, 1.165) is 31.0 Å². The fraction of sp³-hybridized carbons (Fsp3) is 0.333. The fourth-order valence-electron chi connectivity index (χ4n) is 4.28. The summed E-state index contributed by atoms with van der Waals surface area (Å²) in [7, 11) is 2.16. The van der Waals surface area contributed by atoms with Gasteiger partial charge in [0.05, 0.1) is 9.78 Å². The minimum absolute atomic E-state index is 0.127. The van der Waals surface area contributed by atoms with Crippen molar-refractivity contribution < 1.29 is 9.21 Å². The van der Waals surface area contributed by atoms with Gasteiger partial charge in [0.15, 0.2) is 5.76 Å². The lowest BCUT2D eigenvalue weighted by Crippen LogP contribution is -2.45. The molecular formula is C24H25BrIN3O2. The first-order valence-electron chi connectivity index (χ1n) is 10.2. The lowest BCUT2D eigenvalue weighted by Gasteiger charge is -2.45. The molecule has 5 nitrogen and oxygen atoms in total. The van der Waals surface area contributed by atoms with Crippen LogP contribution < -0.4 is 10.3 Å². The van der Waals surface area contributed by atoms with E-state index >= 15 is 0 Å². The Morgan fingerprint density at radius 2 is 2.06 bits per heavy atom. The van der Waals surface area contributed by atoms with Gasteiger partial charge in [0, 0.05) is 28.1 Å². The molecule has 0 fully saturated rings. The van der Waals surface area contributed by atoms with E-state index in [1.807, 2.05) is 12.1 Å². The molecule has 0 bridgehead atoms. The quantitative estimate of drug-likeness (QED) is 0.212. The first kappa shape index (κ1) is 22.3. The predicted octanol–water partition coefficient (Wildman–Crippen LogP) is 6.59. The van der Waals surface area contributed by atoms with Crippen molar-refractivity contribution in [2.75, 3.05) is 11.9 Å². The van der Waals surface area contributed by atoms with Gasteiger partial charge in [0.25, 0.3) is 0 Å². The van der Waals surface area contributed by atoms with Crippen molar-refractivity contribution in [3.8, 4) is 0 Å². The normalized spacial score (nSPS) is 17.9. The van der Waals surface area contributed by atoms with Gasteiger partial charge in [0.1, 0.15) is 5.58 Å². The Kier molecular flexibility index (Phi) is 5.93. The molecule has 31 heavy (non-hydrogen) atoms. The molecule has 3 aromatic rings. The first-order valence-corrected chi connectivity index (χ1v) is 12.0. The molecule has 0 radical (unpaired) electrons. The molecule has 2 aromatic carbocycles. The van der Waals surface area contributed by atoms with Crippen LogP contribution in [0.3, 0.4) is 0 Å². The number of benzene rings is 2. The Bertz CT molecular complexity index is 1220. The maximum Gasteiger partial charge on any atom is 0.307 e. The second-order valence-electron chi connectivity index (χ2n) is 8.86. The highest BCUT2D eigenvalue weighted by molar-refractivity contribution is 14.1. The van der Waals surface area contributed by atoms with Crippen LogP contribution in [0.2, 0.25) is 0 Å². The summed E-state index contributed by atoms with van der Waals surface area (Å²) < 4.78 is 7.63. The number of nitrogens with one attached hydrogen (secondary N) is 1. The lowest BCUT2D eigenvalue weighted by atomic mass is 9.79. The van der Waals surface area contributed by atoms with Gasteiger partial charge in [-0.05, 0) is 103 Å². The van der Waals surface area contributed by atoms with E-state index in [4.69, 9.17) is 4.42 Å². The van der Waals surface area contributed by atoms with Gasteiger partial charge < -0.3 is 9.32 Å². The minimum Gasteiger partial charge on any atom is -0.450 e. The Morgan fingerprint density at radius 1 is 1.32 bits per heavy atom. The predicted molar refractivity (Wildman–Crippen MR) is 138 cm³/mol. The van der Waals surface area contributed by atoms with Crippen LogP contribution in [0.5, 0.6) is 0 Å². The summed E-state index contributed by atoms with van der Waals surface area (Å²) in [6, 6.07) is 10.0. The molecule has 1 unspecified atom stereocenters. The molecule has 1 amide bonds. The molecule has 1 aromatic heterocycles. The molecule has 162 valence electrons. The van der Waals surface area contributed by atoms with Crippen LogP contribution in [0.15, 0.2) is 44.3 Å². The molecule has 7 heteroatoms. The van der Waals surface area contributed by atoms with E-state index < -0.39 is 0 Å². The van der Waals surface area contributed by atoms with Crippen LogP contribution in [0.25, 0.3) is 11.0 Å². The number of hydrogen-bond donors (Lipinski definition) is 1. The second kappa shape index (κ2) is 8.24. The number of fused-ring (bicyclic) bond motifs is 2. The van der Waals surface area contributed by atoms with E-state index in [-0.39, 0.29) is 17.2 Å². The zero-order valence-electron chi connectivity index (χ0n) is 18.2. The van der Waals surface area contributed by atoms with Gasteiger partial charge in [-0.15, -0.1) is 0 Å². The van der Waals surface area contributed by atoms with E-state index in [1.54, 1.807) is 12.3 Å². The molecule has 0 aliphatic carbocycles. The zero-order chi connectivity index (χ0) is 22.5. The molecule has 2 heterocycles. The number of furan rings is 1. The molecule has 0 spiro atoms. The highest BCUT2D eigenvalue weighted by Crippen LogP contribution is 2.43. The number of hydrogen-bond acceptors (Lipinski definition) is 4. The van der Waals surface area contributed by atoms with Crippen molar-refractivity contribution in [1.82, 2.24) is 5.43 Å². The monoisotopic (exact) mass is 593 g/mol. The molecular weight excluding hydrogens is 569 g/mol. The summed E-state index contributed by atoms with van der Waals surface area (Å²) in [6.07, 6.45) is 2.80. The second-order valence-corrected chi connectivity index (χ2v) is 10.9. The van der Waals surface area contributed by atoms with Gasteiger partial charge in [-0.3, -0.25) is 4.79 Å². The number of hydrazone groups is 1. The van der Waals surface area contributed by atoms with Gasteiger partial charge in [-0.2, -0.15) is 5.10 Å². The van der Waals surface area contributed by atoms with Crippen LogP contribution in [0.4, 0.5) is 5.69 Å². The molecule has 4 rings (SSSR count). The Labute approximate surface area is 204 Å². The maximum atomic E-state index is 12.5. The molecule has 1 N–H and O–H groups in total. The Balaban J connectivity index is 1.55. The number of rotatable bonds is 3. The average molecular weight is 594 g/mol. The third-order valence-corrected chi connectivity index (χ3v) is 7.41. The van der Waals surface area contributed by atoms with Crippen molar-refractivity contribution >= 4 is 67.3 Å². The molecule has 1 atom stereocenters. The van der Waals surface area contributed by atoms with Gasteiger partial charge in [-0.1, -0.05) is 22.9 Å². The van der Waals surface area contributed by atoms with Crippen LogP contribution in [-0.2, 0) is 0 Å². The van der Waals surface area contributed by atoms with Gasteiger partial charge in [-0.25, -0.2) is 5.43 Å². The molecule has 0 saturated carbocycles. The molecule has 1 aliphatic heterocycles. The van der Waals surface area contributed by atoms with Crippen LogP contribution >= 0.6 is 38.5 Å². The summed E-state index contributed by atoms with van der Waals surface area (Å²) >= 11 is 5.66. The zero-order valence-corrected chi connectivity index (χ0v) is 22.0. The van der Waals surface area contributed by atoms with Gasteiger partial charge >= 0.3 is 5.91 Å². The molecule has 1 aliphatic rings. The number of aryl methyl sites for hydroxylation is 1. The van der Waals surface area contributed by atoms with E-state index in [0.29, 0.717) is 11.5 Å². The fourth-order valence-corrected chi connectivity index (χ4v) is 5.94. The van der Waals surface area contributed by atoms with Gasteiger partial charge in [0.2, 0.25) is 0 Å². The van der Waals surface area contributed by atoms with Crippen LogP contribution in [-0.4, -0.2) is 24.7 Å². The Hall–Kier alpha value is -1.87. The van der Waals surface area contributed by atoms with E-state index in [1.165, 1.54) is 11.3 Å². The van der Waals surface area contributed by atoms with Crippen LogP contribution in [0, 0.1) is 10.5 Å². The summed E-state index contributed by atoms with van der Waals surface area (Å²) in [5, 5.41) is 5.08. The number of nitrogens with zero attached hydrogens (tertiary/aromatic N) is 2. The molecule has 0 saturated heterocycles. The SMILES string of the molecule is Cc1cc2c(cc1/C=N\NC(=O)c1cc3cc(Br)cc(I)c3o1)C(C)CC(C)(C)N2C. The average Bonchev–Trinajstić information content (AvgIpc) is 3.11. The van der Waals surface area contributed by atoms with Crippen LogP contribution in [0.1, 0.15) is 60.4 Å². The minimum atomic E-state index is -0.371. The highest BCUT2D eigenvalue weighted by atomic mass is 127. The first-order chi connectivity index (χ1) is 14.6. The summed E-state index contributed by atoms with van der Waals surface area (Å²) in [5.41, 5.74) is 8.13. The third-order valence-electron chi connectivity index (χ3n) is 6.15. The Morgan fingerprint density at radius 3 is 2.81 bits per heavy atom. The smallest absolute Gasteiger partial charge is 0.307 e. The highest BCUT2D eigenvalue weighted by Gasteiger charge is 2.34. The van der Waals surface area contributed by atoms with E-state index in [9.17, 15) is 4.79 Å². The lowest BCUT2D eigenvalue weighted by molar-refractivity contribution is 0.0929. The number of anilines is 1. The topological polar surface area (TPSA) is 57.8 Å². The maximum absolute atomic E-state index is 12.5. The summed E-state index contributed by atoms with van der Waals surface area (Å²) in [6.45, 7) is 8.91.